The van der Waals surface area contributed by atoms with Gasteiger partial charge in [0.05, 0.1) is 14.2 Å². The van der Waals surface area contributed by atoms with E-state index >= 15 is 0 Å². The molecule has 20 heavy (non-hydrogen) atoms. The van der Waals surface area contributed by atoms with Gasteiger partial charge in [-0.1, -0.05) is 0 Å². The average molecular weight is 295 g/mol. The molecule has 2 aromatic rings. The summed E-state index contributed by atoms with van der Waals surface area (Å²) in [5, 5.41) is 0.326. The largest absolute Gasteiger partial charge is 0.480 e. The first kappa shape index (κ1) is 13.9. The number of methoxy groups -OCH3 is 2. The van der Waals surface area contributed by atoms with E-state index in [1.807, 2.05) is 0 Å². The molecule has 0 saturated heterocycles. The molecule has 0 aromatic carbocycles. The van der Waals surface area contributed by atoms with Crippen molar-refractivity contribution in [3.8, 4) is 11.8 Å². The smallest absolute Gasteiger partial charge is 0.236 e. The molecule has 0 amide bonds. The second-order valence-corrected chi connectivity index (χ2v) is 4.51. The molecule has 9 nitrogen and oxygen atoms in total. The molecule has 0 unspecified atom stereocenters. The Morgan fingerprint density at radius 1 is 0.900 bits per heavy atom. The van der Waals surface area contributed by atoms with Gasteiger partial charge in [-0.15, -0.1) is 0 Å². The molecule has 2 aromatic heterocycles. The molecule has 0 aliphatic heterocycles. The van der Waals surface area contributed by atoms with Crippen LogP contribution in [0.4, 0.5) is 17.6 Å². The summed E-state index contributed by atoms with van der Waals surface area (Å²) in [6, 6.07) is 1.46. The van der Waals surface area contributed by atoms with E-state index < -0.39 is 0 Å². The number of ether oxygens (including phenoxy) is 2. The number of nitrogen functional groups attached to an aromatic ring is 3. The molecule has 0 spiro atoms. The molecule has 0 fully saturated rings. The van der Waals surface area contributed by atoms with Gasteiger partial charge in [0.25, 0.3) is 0 Å². The minimum absolute atomic E-state index is 0.0380. The molecule has 0 bridgehead atoms. The zero-order chi connectivity index (χ0) is 14.7. The Bertz CT molecular complexity index is 592. The third kappa shape index (κ3) is 2.91. The normalized spacial score (nSPS) is 10.3. The molecule has 10 heteroatoms. The number of nitrogens with two attached hydrogens (primary N) is 3. The number of nitrogens with zero attached hydrogens (tertiary/aromatic N) is 4. The van der Waals surface area contributed by atoms with Gasteiger partial charge in [-0.3, -0.25) is 0 Å². The summed E-state index contributed by atoms with van der Waals surface area (Å²) in [6.07, 6.45) is 0. The molecule has 0 aliphatic rings. The van der Waals surface area contributed by atoms with Crippen molar-refractivity contribution in [1.82, 2.24) is 19.9 Å². The maximum absolute atomic E-state index is 5.62. The molecule has 0 radical (unpaired) electrons. The van der Waals surface area contributed by atoms with Crippen LogP contribution in [0.1, 0.15) is 0 Å². The molecule has 0 saturated carbocycles. The number of aromatic nitrogens is 4. The zero-order valence-corrected chi connectivity index (χ0v) is 11.6. The van der Waals surface area contributed by atoms with Crippen LogP contribution < -0.4 is 26.7 Å². The van der Waals surface area contributed by atoms with Crippen molar-refractivity contribution >= 4 is 29.3 Å². The highest BCUT2D eigenvalue weighted by Crippen LogP contribution is 2.38. The standard InChI is InChI=1S/C10H13N7O2S/c1-18-7-6(8(19-2)17-9(13)16-7)20-10-14-4(11)3-5(12)15-10/h3H,1-2H3,(H2,13,16,17)(H4,11,12,14,15). The summed E-state index contributed by atoms with van der Waals surface area (Å²) in [4.78, 5) is 16.5. The van der Waals surface area contributed by atoms with E-state index in [4.69, 9.17) is 26.7 Å². The van der Waals surface area contributed by atoms with Gasteiger partial charge in [0, 0.05) is 6.07 Å². The first-order valence-electron chi connectivity index (χ1n) is 5.37. The van der Waals surface area contributed by atoms with Crippen molar-refractivity contribution in [3.05, 3.63) is 6.07 Å². The maximum Gasteiger partial charge on any atom is 0.236 e. The Morgan fingerprint density at radius 2 is 1.40 bits per heavy atom. The Balaban J connectivity index is 2.46. The fourth-order valence-electron chi connectivity index (χ4n) is 1.39. The van der Waals surface area contributed by atoms with Crippen LogP contribution in [0.15, 0.2) is 16.1 Å². The molecule has 0 aliphatic carbocycles. The van der Waals surface area contributed by atoms with Crippen molar-refractivity contribution in [1.29, 1.82) is 0 Å². The van der Waals surface area contributed by atoms with E-state index in [0.717, 1.165) is 11.8 Å². The second kappa shape index (κ2) is 5.65. The second-order valence-electron chi connectivity index (χ2n) is 3.53. The van der Waals surface area contributed by atoms with Crippen LogP contribution in [0, 0.1) is 0 Å². The van der Waals surface area contributed by atoms with Gasteiger partial charge in [-0.25, -0.2) is 9.97 Å². The van der Waals surface area contributed by atoms with Crippen LogP contribution in [-0.2, 0) is 0 Å². The first-order valence-corrected chi connectivity index (χ1v) is 6.18. The predicted octanol–water partition coefficient (Wildman–Crippen LogP) is 0.182. The summed E-state index contributed by atoms with van der Waals surface area (Å²) in [5.41, 5.74) is 16.8. The maximum atomic E-state index is 5.62. The van der Waals surface area contributed by atoms with Gasteiger partial charge in [0.15, 0.2) is 5.16 Å². The lowest BCUT2D eigenvalue weighted by atomic mass is 10.5. The zero-order valence-electron chi connectivity index (χ0n) is 10.8. The Hall–Kier alpha value is -2.49. The monoisotopic (exact) mass is 295 g/mol. The first-order chi connectivity index (χ1) is 9.53. The van der Waals surface area contributed by atoms with Gasteiger partial charge < -0.3 is 26.7 Å². The van der Waals surface area contributed by atoms with Gasteiger partial charge in [-0.05, 0) is 11.8 Å². The van der Waals surface area contributed by atoms with Crippen molar-refractivity contribution in [3.63, 3.8) is 0 Å². The number of hydrogen-bond donors (Lipinski definition) is 3. The van der Waals surface area contributed by atoms with Gasteiger partial charge in [0.1, 0.15) is 16.5 Å². The minimum atomic E-state index is 0.0380. The van der Waals surface area contributed by atoms with Crippen molar-refractivity contribution in [2.75, 3.05) is 31.4 Å². The Kier molecular flexibility index (Phi) is 3.94. The van der Waals surface area contributed by atoms with Crippen LogP contribution in [-0.4, -0.2) is 34.2 Å². The van der Waals surface area contributed by atoms with Crippen LogP contribution >= 0.6 is 11.8 Å². The summed E-state index contributed by atoms with van der Waals surface area (Å²) < 4.78 is 10.3. The molecule has 0 atom stereocenters. The number of rotatable bonds is 4. The third-order valence-electron chi connectivity index (χ3n) is 2.15. The van der Waals surface area contributed by atoms with E-state index in [1.165, 1.54) is 20.3 Å². The molecule has 2 heterocycles. The van der Waals surface area contributed by atoms with E-state index in [0.29, 0.717) is 10.1 Å². The molecular formula is C10H13N7O2S. The third-order valence-corrected chi connectivity index (χ3v) is 3.06. The fraction of sp³-hybridized carbons (Fsp3) is 0.200. The molecule has 106 valence electrons. The highest BCUT2D eigenvalue weighted by Gasteiger charge is 2.18. The lowest BCUT2D eigenvalue weighted by Gasteiger charge is -2.11. The summed E-state index contributed by atoms with van der Waals surface area (Å²) >= 11 is 1.11. The van der Waals surface area contributed by atoms with Crippen molar-refractivity contribution < 1.29 is 9.47 Å². The lowest BCUT2D eigenvalue weighted by molar-refractivity contribution is 0.354. The van der Waals surface area contributed by atoms with Crippen LogP contribution in [0.2, 0.25) is 0 Å². The Morgan fingerprint density at radius 3 is 1.85 bits per heavy atom. The average Bonchev–Trinajstić information content (AvgIpc) is 2.39. The quantitative estimate of drug-likeness (QED) is 0.667. The van der Waals surface area contributed by atoms with Crippen molar-refractivity contribution in [2.45, 2.75) is 10.1 Å². The molecular weight excluding hydrogens is 282 g/mol. The fourth-order valence-corrected chi connectivity index (χ4v) is 2.31. The van der Waals surface area contributed by atoms with Gasteiger partial charge >= 0.3 is 0 Å². The predicted molar refractivity (Wildman–Crippen MR) is 74.5 cm³/mol. The van der Waals surface area contributed by atoms with Crippen molar-refractivity contribution in [2.24, 2.45) is 0 Å². The molecule has 2 rings (SSSR count). The van der Waals surface area contributed by atoms with E-state index in [2.05, 4.69) is 19.9 Å². The highest BCUT2D eigenvalue weighted by molar-refractivity contribution is 7.99. The number of hydrogen-bond acceptors (Lipinski definition) is 10. The van der Waals surface area contributed by atoms with Gasteiger partial charge in [0.2, 0.25) is 17.7 Å². The summed E-state index contributed by atoms with van der Waals surface area (Å²) in [7, 11) is 2.92. The highest BCUT2D eigenvalue weighted by atomic mass is 32.2. The van der Waals surface area contributed by atoms with Crippen LogP contribution in [0.5, 0.6) is 11.8 Å². The van der Waals surface area contributed by atoms with E-state index in [9.17, 15) is 0 Å². The van der Waals surface area contributed by atoms with E-state index in [-0.39, 0.29) is 29.3 Å². The topological polar surface area (TPSA) is 148 Å². The SMILES string of the molecule is COc1nc(N)nc(OC)c1Sc1nc(N)cc(N)n1. The van der Waals surface area contributed by atoms with Gasteiger partial charge in [-0.2, -0.15) is 9.97 Å². The Labute approximate surface area is 118 Å². The lowest BCUT2D eigenvalue weighted by Crippen LogP contribution is -2.04. The summed E-state index contributed by atoms with van der Waals surface area (Å²) in [6.45, 7) is 0. The van der Waals surface area contributed by atoms with Crippen LogP contribution in [0.25, 0.3) is 0 Å². The van der Waals surface area contributed by atoms with E-state index in [1.54, 1.807) is 0 Å². The summed E-state index contributed by atoms with van der Waals surface area (Å²) in [5.74, 6) is 1.06. The molecule has 6 N–H and O–H groups in total. The number of anilines is 3. The van der Waals surface area contributed by atoms with Crippen LogP contribution in [0.3, 0.4) is 0 Å². The minimum Gasteiger partial charge on any atom is -0.480 e.